The number of hydrogen-bond donors (Lipinski definition) is 1. The number of rotatable bonds is 3. The minimum Gasteiger partial charge on any atom is -0.372 e. The molecule has 3 nitrogen and oxygen atoms in total. The van der Waals surface area contributed by atoms with Crippen LogP contribution in [0.25, 0.3) is 11.4 Å². The molecule has 2 rings (SSSR count). The molecule has 100 valence electrons. The third-order valence-electron chi connectivity index (χ3n) is 2.79. The molecule has 1 N–H and O–H groups in total. The van der Waals surface area contributed by atoms with Gasteiger partial charge in [0.15, 0.2) is 5.82 Å². The Bertz CT molecular complexity index is 568. The predicted molar refractivity (Wildman–Crippen MR) is 83.8 cm³/mol. The number of anilines is 1. The average Bonchev–Trinajstić information content (AvgIpc) is 2.37. The van der Waals surface area contributed by atoms with Crippen LogP contribution >= 0.6 is 22.6 Å². The van der Waals surface area contributed by atoms with Crippen molar-refractivity contribution in [3.8, 4) is 11.4 Å². The minimum absolute atomic E-state index is 0.263. The summed E-state index contributed by atoms with van der Waals surface area (Å²) in [6.07, 6.45) is 0.816. The Balaban J connectivity index is 2.61. The lowest BCUT2D eigenvalue weighted by Crippen LogP contribution is -2.05. The lowest BCUT2D eigenvalue weighted by molar-refractivity contribution is 0.627. The third-order valence-corrected chi connectivity index (χ3v) is 3.93. The van der Waals surface area contributed by atoms with Crippen LogP contribution in [0, 0.1) is 16.3 Å². The van der Waals surface area contributed by atoms with Crippen LogP contribution in [0.15, 0.2) is 18.2 Å². The Morgan fingerprint density at radius 1 is 1.26 bits per heavy atom. The van der Waals surface area contributed by atoms with E-state index in [0.717, 1.165) is 27.1 Å². The van der Waals surface area contributed by atoms with Gasteiger partial charge in [-0.3, -0.25) is 0 Å². The molecule has 19 heavy (non-hydrogen) atoms. The Morgan fingerprint density at radius 3 is 2.58 bits per heavy atom. The SMILES string of the molecule is CCc1nc(-c2cc(C)cc(F)c2)nc(NC)c1I. The fourth-order valence-electron chi connectivity index (χ4n) is 1.89. The summed E-state index contributed by atoms with van der Waals surface area (Å²) in [7, 11) is 1.82. The standard InChI is InChI=1S/C14H15FIN3/c1-4-11-12(16)14(17-3)19-13(18-11)9-5-8(2)6-10(15)7-9/h5-7H,4H2,1-3H3,(H,17,18,19). The van der Waals surface area contributed by atoms with Crippen LogP contribution in [-0.2, 0) is 6.42 Å². The number of nitrogens with zero attached hydrogens (tertiary/aromatic N) is 2. The van der Waals surface area contributed by atoms with E-state index in [0.29, 0.717) is 11.4 Å². The molecule has 2 aromatic rings. The van der Waals surface area contributed by atoms with Crippen molar-refractivity contribution >= 4 is 28.4 Å². The summed E-state index contributed by atoms with van der Waals surface area (Å²) in [6.45, 7) is 3.91. The van der Waals surface area contributed by atoms with Crippen molar-refractivity contribution in [2.24, 2.45) is 0 Å². The van der Waals surface area contributed by atoms with E-state index >= 15 is 0 Å². The molecule has 1 heterocycles. The van der Waals surface area contributed by atoms with E-state index in [9.17, 15) is 4.39 Å². The zero-order valence-electron chi connectivity index (χ0n) is 11.1. The summed E-state index contributed by atoms with van der Waals surface area (Å²) in [5, 5.41) is 3.06. The normalized spacial score (nSPS) is 10.6. The topological polar surface area (TPSA) is 37.8 Å². The highest BCUT2D eigenvalue weighted by Gasteiger charge is 2.12. The van der Waals surface area contributed by atoms with Crippen molar-refractivity contribution in [1.82, 2.24) is 9.97 Å². The van der Waals surface area contributed by atoms with Gasteiger partial charge in [-0.05, 0) is 59.7 Å². The quantitative estimate of drug-likeness (QED) is 0.835. The molecule has 0 fully saturated rings. The number of nitrogens with one attached hydrogen (secondary N) is 1. The Hall–Kier alpha value is -1.24. The number of benzene rings is 1. The fourth-order valence-corrected chi connectivity index (χ4v) is 2.78. The van der Waals surface area contributed by atoms with E-state index in [-0.39, 0.29) is 5.82 Å². The Morgan fingerprint density at radius 2 is 2.00 bits per heavy atom. The monoisotopic (exact) mass is 371 g/mol. The first-order valence-electron chi connectivity index (χ1n) is 6.07. The highest BCUT2D eigenvalue weighted by molar-refractivity contribution is 14.1. The van der Waals surface area contributed by atoms with Gasteiger partial charge in [-0.25, -0.2) is 14.4 Å². The summed E-state index contributed by atoms with van der Waals surface area (Å²) < 4.78 is 14.5. The van der Waals surface area contributed by atoms with Crippen molar-refractivity contribution < 1.29 is 4.39 Å². The molecule has 0 spiro atoms. The molecular weight excluding hydrogens is 356 g/mol. The number of aryl methyl sites for hydroxylation is 2. The zero-order valence-corrected chi connectivity index (χ0v) is 13.2. The average molecular weight is 371 g/mol. The van der Waals surface area contributed by atoms with E-state index in [1.165, 1.54) is 12.1 Å². The van der Waals surface area contributed by atoms with E-state index < -0.39 is 0 Å². The van der Waals surface area contributed by atoms with Gasteiger partial charge in [0.1, 0.15) is 11.6 Å². The maximum Gasteiger partial charge on any atom is 0.161 e. The van der Waals surface area contributed by atoms with E-state index in [2.05, 4.69) is 37.9 Å². The Labute approximate surface area is 125 Å². The van der Waals surface area contributed by atoms with Crippen molar-refractivity contribution in [2.75, 3.05) is 12.4 Å². The van der Waals surface area contributed by atoms with Crippen molar-refractivity contribution in [3.63, 3.8) is 0 Å². The lowest BCUT2D eigenvalue weighted by atomic mass is 10.1. The second-order valence-electron chi connectivity index (χ2n) is 4.28. The Kier molecular flexibility index (Phi) is 4.34. The largest absolute Gasteiger partial charge is 0.372 e. The second kappa shape index (κ2) is 5.81. The van der Waals surface area contributed by atoms with Crippen LogP contribution in [0.3, 0.4) is 0 Å². The second-order valence-corrected chi connectivity index (χ2v) is 5.36. The molecule has 0 aliphatic rings. The van der Waals surface area contributed by atoms with Crippen LogP contribution in [-0.4, -0.2) is 17.0 Å². The van der Waals surface area contributed by atoms with Crippen LogP contribution in [0.4, 0.5) is 10.2 Å². The molecule has 0 radical (unpaired) electrons. The van der Waals surface area contributed by atoms with Gasteiger partial charge in [0.25, 0.3) is 0 Å². The molecular formula is C14H15FIN3. The first-order chi connectivity index (χ1) is 9.05. The van der Waals surface area contributed by atoms with Crippen molar-refractivity contribution in [3.05, 3.63) is 38.8 Å². The molecule has 5 heteroatoms. The molecule has 0 unspecified atom stereocenters. The lowest BCUT2D eigenvalue weighted by Gasteiger charge is -2.10. The molecule has 0 amide bonds. The maximum absolute atomic E-state index is 13.5. The number of aromatic nitrogens is 2. The molecule has 0 saturated heterocycles. The molecule has 1 aromatic heterocycles. The van der Waals surface area contributed by atoms with Crippen LogP contribution in [0.2, 0.25) is 0 Å². The highest BCUT2D eigenvalue weighted by Crippen LogP contribution is 2.25. The summed E-state index contributed by atoms with van der Waals surface area (Å²) >= 11 is 2.23. The van der Waals surface area contributed by atoms with Gasteiger partial charge in [-0.1, -0.05) is 6.92 Å². The van der Waals surface area contributed by atoms with Crippen molar-refractivity contribution in [2.45, 2.75) is 20.3 Å². The van der Waals surface area contributed by atoms with Gasteiger partial charge in [0, 0.05) is 12.6 Å². The molecule has 1 aromatic carbocycles. The number of hydrogen-bond acceptors (Lipinski definition) is 3. The van der Waals surface area contributed by atoms with Crippen LogP contribution in [0.1, 0.15) is 18.2 Å². The molecule has 0 aliphatic carbocycles. The van der Waals surface area contributed by atoms with E-state index in [1.807, 2.05) is 27.0 Å². The zero-order chi connectivity index (χ0) is 14.0. The summed E-state index contributed by atoms with van der Waals surface area (Å²) in [5.74, 6) is 1.08. The van der Waals surface area contributed by atoms with E-state index in [4.69, 9.17) is 0 Å². The molecule has 0 bridgehead atoms. The molecule has 0 aliphatic heterocycles. The van der Waals surface area contributed by atoms with Gasteiger partial charge in [-0.2, -0.15) is 0 Å². The van der Waals surface area contributed by atoms with Gasteiger partial charge in [-0.15, -0.1) is 0 Å². The van der Waals surface area contributed by atoms with Crippen LogP contribution in [0.5, 0.6) is 0 Å². The maximum atomic E-state index is 13.5. The van der Waals surface area contributed by atoms with Gasteiger partial charge >= 0.3 is 0 Å². The minimum atomic E-state index is -0.263. The summed E-state index contributed by atoms with van der Waals surface area (Å²) in [4.78, 5) is 8.98. The first kappa shape index (κ1) is 14.2. The van der Waals surface area contributed by atoms with E-state index in [1.54, 1.807) is 0 Å². The predicted octanol–water partition coefficient (Wildman–Crippen LogP) is 3.80. The van der Waals surface area contributed by atoms with Gasteiger partial charge in [0.2, 0.25) is 0 Å². The first-order valence-corrected chi connectivity index (χ1v) is 7.14. The smallest absolute Gasteiger partial charge is 0.161 e. The van der Waals surface area contributed by atoms with Crippen molar-refractivity contribution in [1.29, 1.82) is 0 Å². The molecule has 0 saturated carbocycles. The fraction of sp³-hybridized carbons (Fsp3) is 0.286. The van der Waals surface area contributed by atoms with Crippen LogP contribution < -0.4 is 5.32 Å². The number of halogens is 2. The third kappa shape index (κ3) is 3.02. The summed E-state index contributed by atoms with van der Waals surface area (Å²) in [5.41, 5.74) is 2.54. The highest BCUT2D eigenvalue weighted by atomic mass is 127. The summed E-state index contributed by atoms with van der Waals surface area (Å²) in [6, 6.07) is 4.86. The van der Waals surface area contributed by atoms with Gasteiger partial charge < -0.3 is 5.32 Å². The molecule has 0 atom stereocenters. The van der Waals surface area contributed by atoms with Gasteiger partial charge in [0.05, 0.1) is 9.26 Å².